The fraction of sp³-hybridized carbons (Fsp3) is 0.429. The third kappa shape index (κ3) is 8.90. The molecule has 11 heteroatoms. The minimum atomic E-state index is -0.986. The van der Waals surface area contributed by atoms with Gasteiger partial charge in [-0.1, -0.05) is 12.1 Å². The Morgan fingerprint density at radius 1 is 1.15 bits per heavy atom. The number of hydrogen-bond donors (Lipinski definition) is 3. The summed E-state index contributed by atoms with van der Waals surface area (Å²) >= 11 is 0. The molecule has 204 valence electrons. The number of unbranched alkanes of at least 4 members (excludes halogenated alkanes) is 1. The van der Waals surface area contributed by atoms with Crippen LogP contribution in [0.1, 0.15) is 42.5 Å². The highest BCUT2D eigenvalue weighted by Gasteiger charge is 2.20. The molecule has 0 fully saturated rings. The number of ether oxygens (including phenoxy) is 1. The number of anilines is 2. The first-order chi connectivity index (χ1) is 19.1. The lowest BCUT2D eigenvalue weighted by atomic mass is 10.1. The standard InChI is InChI=1S/C28H34N8O3/c29-18-21-19-32-28(33-20-21)35-24(27(37)38)11-15-36(16-17-39-25-8-1-3-12-30-25)14-4-2-7-23-10-9-22-6-5-13-31-26(22)34-23/h1,3,8-10,12,19-20,24H,2,4-7,11,13-17H2,(H,31,34)(H,37,38)(H,32,33,35). The lowest BCUT2D eigenvalue weighted by Gasteiger charge is -2.24. The molecular formula is C28H34N8O3. The molecule has 11 nitrogen and oxygen atoms in total. The van der Waals surface area contributed by atoms with E-state index in [-0.39, 0.29) is 5.95 Å². The van der Waals surface area contributed by atoms with E-state index in [2.05, 4.69) is 42.6 Å². The van der Waals surface area contributed by atoms with Gasteiger partial charge in [0.2, 0.25) is 11.8 Å². The molecule has 4 rings (SSSR count). The van der Waals surface area contributed by atoms with Crippen molar-refractivity contribution >= 4 is 17.7 Å². The molecule has 0 spiro atoms. The van der Waals surface area contributed by atoms with Crippen molar-refractivity contribution in [3.05, 3.63) is 65.7 Å². The number of pyridine rings is 2. The number of aryl methyl sites for hydroxylation is 2. The number of aliphatic carboxylic acids is 1. The fourth-order valence-corrected chi connectivity index (χ4v) is 4.38. The van der Waals surface area contributed by atoms with Gasteiger partial charge < -0.3 is 20.5 Å². The molecule has 4 heterocycles. The van der Waals surface area contributed by atoms with E-state index in [0.29, 0.717) is 37.6 Å². The van der Waals surface area contributed by atoms with Crippen molar-refractivity contribution < 1.29 is 14.6 Å². The lowest BCUT2D eigenvalue weighted by Crippen LogP contribution is -2.37. The fourth-order valence-electron chi connectivity index (χ4n) is 4.38. The van der Waals surface area contributed by atoms with Gasteiger partial charge in [0.15, 0.2) is 0 Å². The van der Waals surface area contributed by atoms with Gasteiger partial charge in [-0.05, 0) is 62.8 Å². The number of fused-ring (bicyclic) bond motifs is 1. The van der Waals surface area contributed by atoms with Crippen molar-refractivity contribution in [1.29, 1.82) is 5.26 Å². The number of carbonyl (C=O) groups is 1. The summed E-state index contributed by atoms with van der Waals surface area (Å²) in [7, 11) is 0. The molecule has 1 aliphatic rings. The van der Waals surface area contributed by atoms with E-state index in [1.54, 1.807) is 6.20 Å². The molecule has 0 radical (unpaired) electrons. The van der Waals surface area contributed by atoms with Crippen molar-refractivity contribution in [1.82, 2.24) is 24.8 Å². The molecule has 1 unspecified atom stereocenters. The summed E-state index contributed by atoms with van der Waals surface area (Å²) in [4.78, 5) is 31.2. The minimum Gasteiger partial charge on any atom is -0.480 e. The van der Waals surface area contributed by atoms with Gasteiger partial charge in [0.1, 0.15) is 24.5 Å². The van der Waals surface area contributed by atoms with Gasteiger partial charge in [-0.25, -0.2) is 24.7 Å². The summed E-state index contributed by atoms with van der Waals surface area (Å²) in [6.07, 6.45) is 9.80. The Morgan fingerprint density at radius 2 is 2.03 bits per heavy atom. The van der Waals surface area contributed by atoms with E-state index >= 15 is 0 Å². The third-order valence-corrected chi connectivity index (χ3v) is 6.52. The Kier molecular flexibility index (Phi) is 10.4. The maximum absolute atomic E-state index is 11.9. The predicted molar refractivity (Wildman–Crippen MR) is 147 cm³/mol. The summed E-state index contributed by atoms with van der Waals surface area (Å²) in [5.41, 5.74) is 2.69. The average Bonchev–Trinajstić information content (AvgIpc) is 2.97. The second-order valence-corrected chi connectivity index (χ2v) is 9.39. The molecule has 39 heavy (non-hydrogen) atoms. The lowest BCUT2D eigenvalue weighted by molar-refractivity contribution is -0.138. The number of nitriles is 1. The zero-order valence-electron chi connectivity index (χ0n) is 21.9. The van der Waals surface area contributed by atoms with Gasteiger partial charge in [-0.2, -0.15) is 5.26 Å². The molecule has 1 aliphatic heterocycles. The van der Waals surface area contributed by atoms with Crippen LogP contribution in [-0.4, -0.2) is 74.7 Å². The van der Waals surface area contributed by atoms with Crippen molar-refractivity contribution in [2.75, 3.05) is 43.4 Å². The molecule has 0 saturated carbocycles. The van der Waals surface area contributed by atoms with E-state index in [1.807, 2.05) is 24.3 Å². The maximum Gasteiger partial charge on any atom is 0.326 e. The minimum absolute atomic E-state index is 0.179. The van der Waals surface area contributed by atoms with Gasteiger partial charge in [0, 0.05) is 37.6 Å². The third-order valence-electron chi connectivity index (χ3n) is 6.52. The van der Waals surface area contributed by atoms with E-state index in [4.69, 9.17) is 15.0 Å². The summed E-state index contributed by atoms with van der Waals surface area (Å²) in [6, 6.07) is 10.9. The number of nitrogens with one attached hydrogen (secondary N) is 2. The number of aromatic nitrogens is 4. The SMILES string of the molecule is N#Cc1cnc(NC(CCN(CCCCc2ccc3c(n2)NCCC3)CCOc2ccccn2)C(=O)O)nc1. The van der Waals surface area contributed by atoms with E-state index in [0.717, 1.165) is 56.7 Å². The zero-order chi connectivity index (χ0) is 27.3. The van der Waals surface area contributed by atoms with Crippen LogP contribution in [0.15, 0.2) is 48.9 Å². The Bertz CT molecular complexity index is 1230. The molecule has 1 atom stereocenters. The van der Waals surface area contributed by atoms with Crippen LogP contribution in [0.2, 0.25) is 0 Å². The predicted octanol–water partition coefficient (Wildman–Crippen LogP) is 3.16. The molecule has 3 aromatic rings. The van der Waals surface area contributed by atoms with Crippen LogP contribution >= 0.6 is 0 Å². The van der Waals surface area contributed by atoms with Crippen LogP contribution in [0.25, 0.3) is 0 Å². The summed E-state index contributed by atoms with van der Waals surface area (Å²) in [5, 5.41) is 24.9. The van der Waals surface area contributed by atoms with Crippen LogP contribution in [-0.2, 0) is 17.6 Å². The molecule has 0 aromatic carbocycles. The van der Waals surface area contributed by atoms with Gasteiger partial charge in [0.25, 0.3) is 0 Å². The Balaban J connectivity index is 1.29. The van der Waals surface area contributed by atoms with E-state index in [1.165, 1.54) is 18.0 Å². The van der Waals surface area contributed by atoms with Crippen molar-refractivity contribution in [3.8, 4) is 11.9 Å². The van der Waals surface area contributed by atoms with Gasteiger partial charge in [-0.15, -0.1) is 0 Å². The Labute approximate surface area is 228 Å². The first-order valence-electron chi connectivity index (χ1n) is 13.3. The van der Waals surface area contributed by atoms with Crippen LogP contribution in [0.4, 0.5) is 11.8 Å². The molecule has 0 bridgehead atoms. The highest BCUT2D eigenvalue weighted by molar-refractivity contribution is 5.76. The van der Waals surface area contributed by atoms with Crippen molar-refractivity contribution in [3.63, 3.8) is 0 Å². The number of carboxylic acids is 1. The summed E-state index contributed by atoms with van der Waals surface area (Å²) in [5.74, 6) is 0.774. The topological polar surface area (TPSA) is 149 Å². The monoisotopic (exact) mass is 530 g/mol. The Morgan fingerprint density at radius 3 is 2.79 bits per heavy atom. The molecule has 0 saturated heterocycles. The zero-order valence-corrected chi connectivity index (χ0v) is 21.9. The molecule has 3 N–H and O–H groups in total. The smallest absolute Gasteiger partial charge is 0.326 e. The molecule has 0 aliphatic carbocycles. The Hall–Kier alpha value is -4.30. The van der Waals surface area contributed by atoms with Crippen molar-refractivity contribution in [2.24, 2.45) is 0 Å². The molecule has 0 amide bonds. The largest absolute Gasteiger partial charge is 0.480 e. The van der Waals surface area contributed by atoms with Crippen LogP contribution in [0.5, 0.6) is 5.88 Å². The first kappa shape index (κ1) is 27.7. The van der Waals surface area contributed by atoms with Crippen molar-refractivity contribution in [2.45, 2.75) is 44.6 Å². The van der Waals surface area contributed by atoms with E-state index in [9.17, 15) is 9.90 Å². The van der Waals surface area contributed by atoms with Crippen LogP contribution < -0.4 is 15.4 Å². The van der Waals surface area contributed by atoms with Gasteiger partial charge in [-0.3, -0.25) is 4.90 Å². The number of rotatable bonds is 15. The van der Waals surface area contributed by atoms with Gasteiger partial charge >= 0.3 is 5.97 Å². The van der Waals surface area contributed by atoms with Crippen LogP contribution in [0, 0.1) is 11.3 Å². The van der Waals surface area contributed by atoms with Gasteiger partial charge in [0.05, 0.1) is 18.0 Å². The number of carboxylic acid groups (broad SMARTS) is 1. The molecule has 3 aromatic heterocycles. The maximum atomic E-state index is 11.9. The van der Waals surface area contributed by atoms with Crippen LogP contribution in [0.3, 0.4) is 0 Å². The molecular weight excluding hydrogens is 496 g/mol. The first-order valence-corrected chi connectivity index (χ1v) is 13.3. The quantitative estimate of drug-likeness (QED) is 0.249. The normalized spacial score (nSPS) is 13.1. The highest BCUT2D eigenvalue weighted by Crippen LogP contribution is 2.20. The number of hydrogen-bond acceptors (Lipinski definition) is 10. The summed E-state index contributed by atoms with van der Waals surface area (Å²) in [6.45, 7) is 3.40. The van der Waals surface area contributed by atoms with E-state index < -0.39 is 12.0 Å². The number of nitrogens with zero attached hydrogens (tertiary/aromatic N) is 6. The second kappa shape index (κ2) is 14.6. The average molecular weight is 531 g/mol. The second-order valence-electron chi connectivity index (χ2n) is 9.39. The highest BCUT2D eigenvalue weighted by atomic mass is 16.5. The summed E-state index contributed by atoms with van der Waals surface area (Å²) < 4.78 is 5.79.